The van der Waals surface area contributed by atoms with E-state index in [9.17, 15) is 4.79 Å². The Hall–Kier alpha value is -1.42. The van der Waals surface area contributed by atoms with Gasteiger partial charge in [0.2, 0.25) is 5.91 Å². The van der Waals surface area contributed by atoms with Crippen molar-refractivity contribution in [3.8, 4) is 0 Å². The summed E-state index contributed by atoms with van der Waals surface area (Å²) in [5.41, 5.74) is 0.950. The molecular weight excluding hydrogens is 214 g/mol. The van der Waals surface area contributed by atoms with Crippen molar-refractivity contribution in [3.63, 3.8) is 0 Å². The van der Waals surface area contributed by atoms with Gasteiger partial charge >= 0.3 is 0 Å². The van der Waals surface area contributed by atoms with E-state index >= 15 is 0 Å². The van der Waals surface area contributed by atoms with Gasteiger partial charge in [-0.05, 0) is 18.6 Å². The van der Waals surface area contributed by atoms with Crippen LogP contribution in [-0.4, -0.2) is 24.0 Å². The molecule has 0 spiro atoms. The van der Waals surface area contributed by atoms with Crippen LogP contribution >= 0.6 is 0 Å². The SMILES string of the molecule is CCCCCNC(=O)CNCc1ccccn1. The molecule has 0 aliphatic rings. The Labute approximate surface area is 103 Å². The first-order valence-electron chi connectivity index (χ1n) is 6.20. The number of carbonyl (C=O) groups is 1. The van der Waals surface area contributed by atoms with Gasteiger partial charge in [-0.1, -0.05) is 25.8 Å². The molecule has 0 fully saturated rings. The minimum absolute atomic E-state index is 0.0528. The molecule has 0 aromatic carbocycles. The largest absolute Gasteiger partial charge is 0.355 e. The van der Waals surface area contributed by atoms with Crippen molar-refractivity contribution in [2.24, 2.45) is 0 Å². The Morgan fingerprint density at radius 1 is 1.35 bits per heavy atom. The van der Waals surface area contributed by atoms with E-state index in [0.717, 1.165) is 18.7 Å². The number of aromatic nitrogens is 1. The summed E-state index contributed by atoms with van der Waals surface area (Å²) in [6.07, 6.45) is 5.15. The Morgan fingerprint density at radius 3 is 2.94 bits per heavy atom. The second-order valence-corrected chi connectivity index (χ2v) is 3.98. The predicted molar refractivity (Wildman–Crippen MR) is 68.5 cm³/mol. The molecule has 1 aromatic rings. The zero-order valence-electron chi connectivity index (χ0n) is 10.4. The van der Waals surface area contributed by atoms with Gasteiger partial charge in [-0.2, -0.15) is 0 Å². The lowest BCUT2D eigenvalue weighted by atomic mass is 10.2. The molecule has 17 heavy (non-hydrogen) atoms. The van der Waals surface area contributed by atoms with Gasteiger partial charge < -0.3 is 10.6 Å². The minimum Gasteiger partial charge on any atom is -0.355 e. The second-order valence-electron chi connectivity index (χ2n) is 3.98. The van der Waals surface area contributed by atoms with Crippen molar-refractivity contribution < 1.29 is 4.79 Å². The molecule has 1 rings (SSSR count). The van der Waals surface area contributed by atoms with Crippen LogP contribution in [0.1, 0.15) is 31.9 Å². The predicted octanol–water partition coefficient (Wildman–Crippen LogP) is 1.48. The van der Waals surface area contributed by atoms with Crippen LogP contribution in [0.5, 0.6) is 0 Å². The summed E-state index contributed by atoms with van der Waals surface area (Å²) in [5.74, 6) is 0.0528. The summed E-state index contributed by atoms with van der Waals surface area (Å²) in [5, 5.41) is 5.95. The number of amides is 1. The lowest BCUT2D eigenvalue weighted by Gasteiger charge is -2.06. The number of hydrogen-bond donors (Lipinski definition) is 2. The standard InChI is InChI=1S/C13H21N3O/c1-2-3-5-9-16-13(17)11-14-10-12-7-4-6-8-15-12/h4,6-8,14H,2-3,5,9-11H2,1H3,(H,16,17). The summed E-state index contributed by atoms with van der Waals surface area (Å²) in [7, 11) is 0. The highest BCUT2D eigenvalue weighted by Crippen LogP contribution is 1.92. The van der Waals surface area contributed by atoms with Crippen molar-refractivity contribution in [2.45, 2.75) is 32.7 Å². The molecule has 0 atom stereocenters. The van der Waals surface area contributed by atoms with Crippen molar-refractivity contribution in [3.05, 3.63) is 30.1 Å². The highest BCUT2D eigenvalue weighted by molar-refractivity contribution is 5.77. The first kappa shape index (κ1) is 13.6. The number of unbranched alkanes of at least 4 members (excludes halogenated alkanes) is 2. The third-order valence-electron chi connectivity index (χ3n) is 2.42. The van der Waals surface area contributed by atoms with Crippen molar-refractivity contribution in [1.29, 1.82) is 0 Å². The minimum atomic E-state index is 0.0528. The smallest absolute Gasteiger partial charge is 0.233 e. The van der Waals surface area contributed by atoms with Crippen LogP contribution in [0, 0.1) is 0 Å². The molecule has 4 heteroatoms. The average molecular weight is 235 g/mol. The maximum absolute atomic E-state index is 11.4. The van der Waals surface area contributed by atoms with Crippen molar-refractivity contribution >= 4 is 5.91 Å². The highest BCUT2D eigenvalue weighted by atomic mass is 16.1. The van der Waals surface area contributed by atoms with Gasteiger partial charge in [0.1, 0.15) is 0 Å². The maximum Gasteiger partial charge on any atom is 0.233 e. The van der Waals surface area contributed by atoms with Crippen LogP contribution in [0.4, 0.5) is 0 Å². The fourth-order valence-electron chi connectivity index (χ4n) is 1.47. The lowest BCUT2D eigenvalue weighted by molar-refractivity contribution is -0.120. The zero-order valence-corrected chi connectivity index (χ0v) is 10.4. The number of carbonyl (C=O) groups excluding carboxylic acids is 1. The Kier molecular flexibility index (Phi) is 6.98. The normalized spacial score (nSPS) is 10.2. The quantitative estimate of drug-likeness (QED) is 0.671. The first-order chi connectivity index (χ1) is 8.33. The maximum atomic E-state index is 11.4. The van der Waals surface area contributed by atoms with Gasteiger partial charge in [-0.15, -0.1) is 0 Å². The van der Waals surface area contributed by atoms with Crippen LogP contribution in [0.2, 0.25) is 0 Å². The average Bonchev–Trinajstić information content (AvgIpc) is 2.36. The third-order valence-corrected chi connectivity index (χ3v) is 2.42. The van der Waals surface area contributed by atoms with Crippen molar-refractivity contribution in [1.82, 2.24) is 15.6 Å². The van der Waals surface area contributed by atoms with Gasteiger partial charge in [0.05, 0.1) is 12.2 Å². The van der Waals surface area contributed by atoms with Gasteiger partial charge in [0, 0.05) is 19.3 Å². The van der Waals surface area contributed by atoms with E-state index in [0.29, 0.717) is 13.1 Å². The number of nitrogens with zero attached hydrogens (tertiary/aromatic N) is 1. The van der Waals surface area contributed by atoms with E-state index in [2.05, 4.69) is 22.5 Å². The van der Waals surface area contributed by atoms with E-state index < -0.39 is 0 Å². The summed E-state index contributed by atoms with van der Waals surface area (Å²) in [4.78, 5) is 15.6. The molecule has 0 unspecified atom stereocenters. The molecule has 94 valence electrons. The molecule has 2 N–H and O–H groups in total. The van der Waals surface area contributed by atoms with E-state index in [4.69, 9.17) is 0 Å². The first-order valence-corrected chi connectivity index (χ1v) is 6.20. The van der Waals surface area contributed by atoms with E-state index in [-0.39, 0.29) is 5.91 Å². The molecule has 0 saturated heterocycles. The number of nitrogens with one attached hydrogen (secondary N) is 2. The number of hydrogen-bond acceptors (Lipinski definition) is 3. The third kappa shape index (κ3) is 6.68. The Morgan fingerprint density at radius 2 is 2.24 bits per heavy atom. The molecule has 1 heterocycles. The van der Waals surface area contributed by atoms with Crippen LogP contribution in [-0.2, 0) is 11.3 Å². The Balaban J connectivity index is 2.04. The fourth-order valence-corrected chi connectivity index (χ4v) is 1.47. The topological polar surface area (TPSA) is 54.0 Å². The molecule has 0 saturated carbocycles. The monoisotopic (exact) mass is 235 g/mol. The molecule has 0 aliphatic carbocycles. The van der Waals surface area contributed by atoms with Gasteiger partial charge in [-0.3, -0.25) is 9.78 Å². The number of pyridine rings is 1. The molecule has 1 aromatic heterocycles. The van der Waals surface area contributed by atoms with Gasteiger partial charge in [0.25, 0.3) is 0 Å². The Bertz CT molecular complexity index is 314. The van der Waals surface area contributed by atoms with Crippen LogP contribution in [0.25, 0.3) is 0 Å². The second kappa shape index (κ2) is 8.70. The summed E-state index contributed by atoms with van der Waals surface area (Å²) < 4.78 is 0. The van der Waals surface area contributed by atoms with Crippen molar-refractivity contribution in [2.75, 3.05) is 13.1 Å². The van der Waals surface area contributed by atoms with Crippen LogP contribution in [0.3, 0.4) is 0 Å². The molecule has 1 amide bonds. The van der Waals surface area contributed by atoms with E-state index in [1.807, 2.05) is 18.2 Å². The molecule has 0 bridgehead atoms. The zero-order chi connectivity index (χ0) is 12.3. The van der Waals surface area contributed by atoms with E-state index in [1.165, 1.54) is 12.8 Å². The van der Waals surface area contributed by atoms with Gasteiger partial charge in [-0.25, -0.2) is 0 Å². The highest BCUT2D eigenvalue weighted by Gasteiger charge is 1.99. The molecule has 0 aliphatic heterocycles. The lowest BCUT2D eigenvalue weighted by Crippen LogP contribution is -2.34. The van der Waals surface area contributed by atoms with Gasteiger partial charge in [0.15, 0.2) is 0 Å². The summed E-state index contributed by atoms with van der Waals surface area (Å²) in [6, 6.07) is 5.75. The molecule has 0 radical (unpaired) electrons. The van der Waals surface area contributed by atoms with E-state index in [1.54, 1.807) is 6.20 Å². The molecular formula is C13H21N3O. The summed E-state index contributed by atoms with van der Waals surface area (Å²) >= 11 is 0. The summed E-state index contributed by atoms with van der Waals surface area (Å²) in [6.45, 7) is 3.90. The number of rotatable bonds is 8. The van der Waals surface area contributed by atoms with Crippen LogP contribution in [0.15, 0.2) is 24.4 Å². The fraction of sp³-hybridized carbons (Fsp3) is 0.538. The van der Waals surface area contributed by atoms with Crippen LogP contribution < -0.4 is 10.6 Å². The molecule has 4 nitrogen and oxygen atoms in total.